The van der Waals surface area contributed by atoms with Gasteiger partial charge in [0.1, 0.15) is 6.04 Å². The molecule has 0 fully saturated rings. The van der Waals surface area contributed by atoms with Crippen LogP contribution in [0.25, 0.3) is 0 Å². The summed E-state index contributed by atoms with van der Waals surface area (Å²) in [6, 6.07) is 14.1. The van der Waals surface area contributed by atoms with Crippen molar-refractivity contribution in [2.45, 2.75) is 26.3 Å². The van der Waals surface area contributed by atoms with E-state index in [-0.39, 0.29) is 17.7 Å². The second-order valence-electron chi connectivity index (χ2n) is 7.26. The average Bonchev–Trinajstić information content (AvgIpc) is 2.75. The third-order valence-electron chi connectivity index (χ3n) is 4.82. The van der Waals surface area contributed by atoms with E-state index in [9.17, 15) is 9.59 Å². The van der Waals surface area contributed by atoms with E-state index < -0.39 is 6.04 Å². The van der Waals surface area contributed by atoms with E-state index in [0.29, 0.717) is 30.0 Å². The number of likely N-dealkylation sites (N-methyl/N-ethyl adjacent to an activating group) is 1. The second-order valence-corrected chi connectivity index (χ2v) is 7.26. The van der Waals surface area contributed by atoms with Crippen LogP contribution in [0.5, 0.6) is 11.5 Å². The van der Waals surface area contributed by atoms with E-state index >= 15 is 0 Å². The lowest BCUT2D eigenvalue weighted by Crippen LogP contribution is -2.50. The zero-order valence-electron chi connectivity index (χ0n) is 17.8. The Labute approximate surface area is 172 Å². The Kier molecular flexibility index (Phi) is 8.07. The Morgan fingerprint density at radius 2 is 1.66 bits per heavy atom. The van der Waals surface area contributed by atoms with E-state index in [1.807, 2.05) is 38.1 Å². The van der Waals surface area contributed by atoms with Crippen molar-refractivity contribution in [3.05, 3.63) is 59.7 Å². The molecule has 0 saturated carbocycles. The molecule has 0 aliphatic heterocycles. The fourth-order valence-corrected chi connectivity index (χ4v) is 3.01. The standard InChI is InChI=1S/C23H30N2O4/c1-16(2)21(24-22(26)18-9-7-6-8-10-18)23(27)25(3)14-13-17-11-12-19(28-4)20(15-17)29-5/h6-12,15-16,21H,13-14H2,1-5H3,(H,24,26). The Bertz CT molecular complexity index is 821. The zero-order valence-corrected chi connectivity index (χ0v) is 17.8. The number of nitrogens with zero attached hydrogens (tertiary/aromatic N) is 1. The van der Waals surface area contributed by atoms with Gasteiger partial charge in [0.25, 0.3) is 5.91 Å². The fourth-order valence-electron chi connectivity index (χ4n) is 3.01. The van der Waals surface area contributed by atoms with Crippen LogP contribution in [0.2, 0.25) is 0 Å². The number of methoxy groups -OCH3 is 2. The number of benzene rings is 2. The number of carbonyl (C=O) groups excluding carboxylic acids is 2. The van der Waals surface area contributed by atoms with Gasteiger partial charge in [-0.2, -0.15) is 0 Å². The molecule has 6 nitrogen and oxygen atoms in total. The highest BCUT2D eigenvalue weighted by Crippen LogP contribution is 2.27. The van der Waals surface area contributed by atoms with Crippen LogP contribution in [0.4, 0.5) is 0 Å². The summed E-state index contributed by atoms with van der Waals surface area (Å²) in [6.07, 6.45) is 0.667. The Balaban J connectivity index is 2.01. The molecule has 2 aromatic carbocycles. The lowest BCUT2D eigenvalue weighted by Gasteiger charge is -2.27. The molecule has 1 N–H and O–H groups in total. The summed E-state index contributed by atoms with van der Waals surface area (Å²) in [5, 5.41) is 2.88. The van der Waals surface area contributed by atoms with Gasteiger partial charge in [0.05, 0.1) is 14.2 Å². The molecule has 6 heteroatoms. The third kappa shape index (κ3) is 5.98. The van der Waals surface area contributed by atoms with Gasteiger partial charge in [-0.15, -0.1) is 0 Å². The monoisotopic (exact) mass is 398 g/mol. The van der Waals surface area contributed by atoms with Crippen LogP contribution in [0.15, 0.2) is 48.5 Å². The van der Waals surface area contributed by atoms with Crippen LogP contribution in [0, 0.1) is 5.92 Å². The fraction of sp³-hybridized carbons (Fsp3) is 0.391. The molecule has 0 spiro atoms. The molecule has 2 rings (SSSR count). The largest absolute Gasteiger partial charge is 0.493 e. The highest BCUT2D eigenvalue weighted by Gasteiger charge is 2.27. The lowest BCUT2D eigenvalue weighted by atomic mass is 10.0. The minimum atomic E-state index is -0.585. The van der Waals surface area contributed by atoms with Crippen molar-refractivity contribution in [2.24, 2.45) is 5.92 Å². The summed E-state index contributed by atoms with van der Waals surface area (Å²) in [6.45, 7) is 4.38. The summed E-state index contributed by atoms with van der Waals surface area (Å²) in [7, 11) is 4.95. The Hall–Kier alpha value is -3.02. The Morgan fingerprint density at radius 1 is 1.00 bits per heavy atom. The number of rotatable bonds is 9. The second kappa shape index (κ2) is 10.5. The first-order valence-corrected chi connectivity index (χ1v) is 9.69. The van der Waals surface area contributed by atoms with Gasteiger partial charge in [0.2, 0.25) is 5.91 Å². The lowest BCUT2D eigenvalue weighted by molar-refractivity contribution is -0.133. The van der Waals surface area contributed by atoms with Gasteiger partial charge in [-0.3, -0.25) is 9.59 Å². The van der Waals surface area contributed by atoms with Gasteiger partial charge in [-0.1, -0.05) is 38.1 Å². The van der Waals surface area contributed by atoms with Crippen molar-refractivity contribution < 1.29 is 19.1 Å². The van der Waals surface area contributed by atoms with E-state index in [2.05, 4.69) is 5.32 Å². The number of hydrogen-bond acceptors (Lipinski definition) is 4. The van der Waals surface area contributed by atoms with Crippen molar-refractivity contribution in [2.75, 3.05) is 27.8 Å². The number of carbonyl (C=O) groups is 2. The molecule has 0 bridgehead atoms. The molecular weight excluding hydrogens is 368 g/mol. The average molecular weight is 399 g/mol. The Morgan fingerprint density at radius 3 is 2.24 bits per heavy atom. The van der Waals surface area contributed by atoms with Gasteiger partial charge in [-0.05, 0) is 42.2 Å². The first kappa shape index (κ1) is 22.3. The van der Waals surface area contributed by atoms with E-state index in [1.165, 1.54) is 0 Å². The van der Waals surface area contributed by atoms with Crippen LogP contribution in [-0.4, -0.2) is 50.6 Å². The summed E-state index contributed by atoms with van der Waals surface area (Å²) < 4.78 is 10.6. The molecule has 2 amide bonds. The summed E-state index contributed by atoms with van der Waals surface area (Å²) in [5.74, 6) is 0.952. The van der Waals surface area contributed by atoms with Gasteiger partial charge in [-0.25, -0.2) is 0 Å². The molecule has 1 unspecified atom stereocenters. The number of amides is 2. The highest BCUT2D eigenvalue weighted by molar-refractivity contribution is 5.97. The number of hydrogen-bond donors (Lipinski definition) is 1. The van der Waals surface area contributed by atoms with Crippen molar-refractivity contribution in [1.82, 2.24) is 10.2 Å². The van der Waals surface area contributed by atoms with E-state index in [1.54, 1.807) is 50.4 Å². The summed E-state index contributed by atoms with van der Waals surface area (Å²) in [4.78, 5) is 27.1. The van der Waals surface area contributed by atoms with E-state index in [0.717, 1.165) is 5.56 Å². The zero-order chi connectivity index (χ0) is 21.4. The van der Waals surface area contributed by atoms with Gasteiger partial charge in [0, 0.05) is 19.2 Å². The molecule has 0 heterocycles. The summed E-state index contributed by atoms with van der Waals surface area (Å²) in [5.41, 5.74) is 1.58. The van der Waals surface area contributed by atoms with Crippen molar-refractivity contribution >= 4 is 11.8 Å². The van der Waals surface area contributed by atoms with Crippen molar-refractivity contribution in [1.29, 1.82) is 0 Å². The third-order valence-corrected chi connectivity index (χ3v) is 4.82. The van der Waals surface area contributed by atoms with Crippen LogP contribution in [-0.2, 0) is 11.2 Å². The molecule has 0 aliphatic rings. The molecule has 2 aromatic rings. The quantitative estimate of drug-likeness (QED) is 0.705. The normalized spacial score (nSPS) is 11.7. The van der Waals surface area contributed by atoms with Crippen LogP contribution in [0.3, 0.4) is 0 Å². The first-order chi connectivity index (χ1) is 13.9. The molecular formula is C23H30N2O4. The minimum Gasteiger partial charge on any atom is -0.493 e. The molecule has 0 radical (unpaired) electrons. The van der Waals surface area contributed by atoms with Crippen molar-refractivity contribution in [3.8, 4) is 11.5 Å². The van der Waals surface area contributed by atoms with E-state index in [4.69, 9.17) is 9.47 Å². The minimum absolute atomic E-state index is 0.0290. The van der Waals surface area contributed by atoms with Crippen LogP contribution >= 0.6 is 0 Å². The first-order valence-electron chi connectivity index (χ1n) is 9.69. The van der Waals surface area contributed by atoms with Gasteiger partial charge in [0.15, 0.2) is 11.5 Å². The highest BCUT2D eigenvalue weighted by atomic mass is 16.5. The molecule has 29 heavy (non-hydrogen) atoms. The summed E-state index contributed by atoms with van der Waals surface area (Å²) >= 11 is 0. The topological polar surface area (TPSA) is 67.9 Å². The maximum absolute atomic E-state index is 13.0. The van der Waals surface area contributed by atoms with Crippen LogP contribution < -0.4 is 14.8 Å². The predicted molar refractivity (Wildman–Crippen MR) is 113 cm³/mol. The maximum Gasteiger partial charge on any atom is 0.251 e. The molecule has 0 aliphatic carbocycles. The smallest absolute Gasteiger partial charge is 0.251 e. The van der Waals surface area contributed by atoms with Crippen molar-refractivity contribution in [3.63, 3.8) is 0 Å². The number of nitrogens with one attached hydrogen (secondary N) is 1. The molecule has 1 atom stereocenters. The predicted octanol–water partition coefficient (Wildman–Crippen LogP) is 3.16. The molecule has 156 valence electrons. The van der Waals surface area contributed by atoms with Gasteiger partial charge < -0.3 is 19.7 Å². The molecule has 0 saturated heterocycles. The molecule has 0 aromatic heterocycles. The maximum atomic E-state index is 13.0. The number of ether oxygens (including phenoxy) is 2. The SMILES string of the molecule is COc1ccc(CCN(C)C(=O)C(NC(=O)c2ccccc2)C(C)C)cc1OC. The van der Waals surface area contributed by atoms with Crippen LogP contribution in [0.1, 0.15) is 29.8 Å². The van der Waals surface area contributed by atoms with Gasteiger partial charge >= 0.3 is 0 Å².